The number of carboxylic acid groups (broad SMARTS) is 2. The Bertz CT molecular complexity index is 1270. The number of aliphatic carboxylic acids is 2. The third-order valence-corrected chi connectivity index (χ3v) is 8.16. The van der Waals surface area contributed by atoms with E-state index in [9.17, 15) is 29.1 Å². The minimum Gasteiger partial charge on any atom is -0.481 e. The zero-order valence-electron chi connectivity index (χ0n) is 25.8. The second-order valence-corrected chi connectivity index (χ2v) is 12.2. The van der Waals surface area contributed by atoms with Crippen LogP contribution in [0.4, 0.5) is 0 Å². The van der Waals surface area contributed by atoms with Crippen LogP contribution in [0.2, 0.25) is 0 Å². The molecule has 242 valence electrons. The summed E-state index contributed by atoms with van der Waals surface area (Å²) in [5.41, 5.74) is 7.51. The Kier molecular flexibility index (Phi) is 15.1. The van der Waals surface area contributed by atoms with Gasteiger partial charge in [0.15, 0.2) is 5.78 Å². The number of carbonyl (C=O) groups excluding carboxylic acids is 3. The number of nitrogens with zero attached hydrogens (tertiary/aromatic N) is 2. The molecule has 2 aromatic rings. The highest BCUT2D eigenvalue weighted by atomic mass is 32.2. The summed E-state index contributed by atoms with van der Waals surface area (Å²) >= 11 is 1.55. The molecule has 1 aromatic carbocycles. The second-order valence-electron chi connectivity index (χ2n) is 11.3. The fraction of sp³-hybridized carbons (Fsp3) is 0.548. The number of nitrogens with two attached hydrogens (primary N) is 1. The van der Waals surface area contributed by atoms with E-state index in [0.717, 1.165) is 5.56 Å². The number of carboxylic acids is 2. The maximum atomic E-state index is 13.5. The van der Waals surface area contributed by atoms with Crippen molar-refractivity contribution < 1.29 is 34.2 Å². The summed E-state index contributed by atoms with van der Waals surface area (Å²) in [7, 11) is 1.76. The molecule has 44 heavy (non-hydrogen) atoms. The largest absolute Gasteiger partial charge is 0.481 e. The van der Waals surface area contributed by atoms with Crippen LogP contribution < -0.4 is 16.4 Å². The summed E-state index contributed by atoms with van der Waals surface area (Å²) in [6.45, 7) is 3.65. The lowest BCUT2D eigenvalue weighted by molar-refractivity contribution is -0.148. The molecule has 0 unspecified atom stereocenters. The number of thioether (sulfide) groups is 1. The third kappa shape index (κ3) is 11.8. The lowest BCUT2D eigenvalue weighted by Gasteiger charge is -2.25. The van der Waals surface area contributed by atoms with Crippen molar-refractivity contribution in [2.75, 3.05) is 12.0 Å². The van der Waals surface area contributed by atoms with Crippen molar-refractivity contribution in [2.24, 2.45) is 24.6 Å². The van der Waals surface area contributed by atoms with E-state index in [-0.39, 0.29) is 31.0 Å². The fourth-order valence-electron chi connectivity index (χ4n) is 4.67. The summed E-state index contributed by atoms with van der Waals surface area (Å²) < 4.78 is 1.77. The number of rotatable bonds is 20. The number of hydrogen-bond donors (Lipinski definition) is 5. The summed E-state index contributed by atoms with van der Waals surface area (Å²) in [5, 5.41) is 23.9. The number of ketones is 1. The SMILES string of the molecule is CSCC[C@H](NC(=O)[C@H](Cc1ccccc1)NC(=O)[C@@H](N)C(C)C)C(=O)Cc1cnc(CCC[C@@H](CC(=O)O)C(=O)O)n1C. The highest BCUT2D eigenvalue weighted by molar-refractivity contribution is 7.98. The molecule has 0 aliphatic carbocycles. The van der Waals surface area contributed by atoms with Gasteiger partial charge in [-0.2, -0.15) is 11.8 Å². The number of carbonyl (C=O) groups is 5. The van der Waals surface area contributed by atoms with Gasteiger partial charge < -0.3 is 31.1 Å². The minimum atomic E-state index is -1.16. The molecule has 12 nitrogen and oxygen atoms in total. The molecule has 0 fully saturated rings. The average molecular weight is 632 g/mol. The molecule has 0 aliphatic heterocycles. The molecular formula is C31H45N5O7S. The first-order valence-electron chi connectivity index (χ1n) is 14.7. The zero-order valence-corrected chi connectivity index (χ0v) is 26.6. The zero-order chi connectivity index (χ0) is 32.8. The predicted molar refractivity (Wildman–Crippen MR) is 168 cm³/mol. The maximum absolute atomic E-state index is 13.5. The molecule has 0 saturated carbocycles. The van der Waals surface area contributed by atoms with Gasteiger partial charge in [0.2, 0.25) is 11.8 Å². The van der Waals surface area contributed by atoms with E-state index in [1.54, 1.807) is 29.6 Å². The van der Waals surface area contributed by atoms with Crippen LogP contribution in [0.25, 0.3) is 0 Å². The predicted octanol–water partition coefficient (Wildman–Crippen LogP) is 1.98. The first-order chi connectivity index (χ1) is 20.8. The standard InChI is InChI=1S/C31H45N5O7S/c1-19(2)28(32)30(41)35-24(15-20-9-6-5-7-10-20)29(40)34-23(13-14-44-4)25(37)17-22-18-33-26(36(22)3)12-8-11-21(31(42)43)16-27(38)39/h5-7,9-10,18-19,21,23-24,28H,8,11-17,32H2,1-4H3,(H,34,40)(H,35,41)(H,38,39)(H,42,43)/t21-,23-,24-,28-/m0/s1. The number of hydrogen-bond acceptors (Lipinski definition) is 8. The Balaban J connectivity index is 2.14. The van der Waals surface area contributed by atoms with Crippen molar-refractivity contribution in [1.29, 1.82) is 0 Å². The van der Waals surface area contributed by atoms with E-state index in [4.69, 9.17) is 10.8 Å². The summed E-state index contributed by atoms with van der Waals surface area (Å²) in [6.07, 6.45) is 4.71. The molecule has 0 radical (unpaired) electrons. The first-order valence-corrected chi connectivity index (χ1v) is 16.1. The normalized spacial score (nSPS) is 14.0. The van der Waals surface area contributed by atoms with Crippen LogP contribution in [-0.2, 0) is 50.3 Å². The van der Waals surface area contributed by atoms with Gasteiger partial charge in [-0.1, -0.05) is 44.2 Å². The van der Waals surface area contributed by atoms with E-state index >= 15 is 0 Å². The summed E-state index contributed by atoms with van der Waals surface area (Å²) in [5.74, 6) is -3.27. The molecule has 13 heteroatoms. The van der Waals surface area contributed by atoms with Crippen molar-refractivity contribution in [3.05, 3.63) is 53.6 Å². The van der Waals surface area contributed by atoms with Gasteiger partial charge in [0.1, 0.15) is 11.9 Å². The highest BCUT2D eigenvalue weighted by Gasteiger charge is 2.29. The van der Waals surface area contributed by atoms with E-state index in [2.05, 4.69) is 15.6 Å². The van der Waals surface area contributed by atoms with Gasteiger partial charge in [-0.25, -0.2) is 4.98 Å². The topological polar surface area (TPSA) is 194 Å². The van der Waals surface area contributed by atoms with Crippen molar-refractivity contribution >= 4 is 41.3 Å². The number of amides is 2. The molecule has 0 spiro atoms. The van der Waals surface area contributed by atoms with E-state index in [1.165, 1.54) is 0 Å². The van der Waals surface area contributed by atoms with E-state index in [0.29, 0.717) is 36.5 Å². The maximum Gasteiger partial charge on any atom is 0.307 e. The van der Waals surface area contributed by atoms with Crippen molar-refractivity contribution in [2.45, 2.75) is 76.9 Å². The van der Waals surface area contributed by atoms with Gasteiger partial charge in [0.25, 0.3) is 0 Å². The number of aromatic nitrogens is 2. The van der Waals surface area contributed by atoms with Gasteiger partial charge in [0, 0.05) is 31.8 Å². The Morgan fingerprint density at radius 2 is 1.66 bits per heavy atom. The highest BCUT2D eigenvalue weighted by Crippen LogP contribution is 2.16. The number of Topliss-reactive ketones (excluding diaryl/α,β-unsaturated/α-hetero) is 1. The molecule has 0 aliphatic rings. The van der Waals surface area contributed by atoms with Crippen LogP contribution in [0.5, 0.6) is 0 Å². The number of aryl methyl sites for hydroxylation is 1. The molecule has 4 atom stereocenters. The average Bonchev–Trinajstić information content (AvgIpc) is 3.32. The number of nitrogens with one attached hydrogen (secondary N) is 2. The first kappa shape index (κ1) is 36.5. The van der Waals surface area contributed by atoms with Gasteiger partial charge in [-0.05, 0) is 42.8 Å². The Morgan fingerprint density at radius 3 is 2.25 bits per heavy atom. The fourth-order valence-corrected chi connectivity index (χ4v) is 5.14. The third-order valence-electron chi connectivity index (χ3n) is 7.51. The van der Waals surface area contributed by atoms with Crippen LogP contribution >= 0.6 is 11.8 Å². The van der Waals surface area contributed by atoms with Crippen molar-refractivity contribution in [1.82, 2.24) is 20.2 Å². The lowest BCUT2D eigenvalue weighted by Crippen LogP contribution is -2.56. The quantitative estimate of drug-likeness (QED) is 0.144. The van der Waals surface area contributed by atoms with Gasteiger partial charge >= 0.3 is 11.9 Å². The van der Waals surface area contributed by atoms with E-state index < -0.39 is 54.2 Å². The summed E-state index contributed by atoms with van der Waals surface area (Å²) in [6, 6.07) is 6.75. The van der Waals surface area contributed by atoms with Crippen LogP contribution in [0.15, 0.2) is 36.5 Å². The minimum absolute atomic E-state index is 0.00747. The van der Waals surface area contributed by atoms with Gasteiger partial charge in [-0.3, -0.25) is 24.0 Å². The van der Waals surface area contributed by atoms with Crippen LogP contribution in [0, 0.1) is 11.8 Å². The molecule has 0 saturated heterocycles. The van der Waals surface area contributed by atoms with Crippen molar-refractivity contribution in [3.8, 4) is 0 Å². The Hall–Kier alpha value is -3.71. The van der Waals surface area contributed by atoms with Gasteiger partial charge in [0.05, 0.1) is 30.8 Å². The number of benzene rings is 1. The Labute approximate surface area is 262 Å². The monoisotopic (exact) mass is 631 g/mol. The molecule has 2 rings (SSSR count). The molecule has 0 bridgehead atoms. The molecular weight excluding hydrogens is 586 g/mol. The lowest BCUT2D eigenvalue weighted by atomic mass is 9.98. The molecule has 1 aromatic heterocycles. The smallest absolute Gasteiger partial charge is 0.307 e. The summed E-state index contributed by atoms with van der Waals surface area (Å²) in [4.78, 5) is 66.5. The van der Waals surface area contributed by atoms with Crippen molar-refractivity contribution in [3.63, 3.8) is 0 Å². The van der Waals surface area contributed by atoms with Crippen LogP contribution in [0.3, 0.4) is 0 Å². The van der Waals surface area contributed by atoms with Gasteiger partial charge in [-0.15, -0.1) is 0 Å². The Morgan fingerprint density at radius 1 is 1.00 bits per heavy atom. The molecule has 6 N–H and O–H groups in total. The number of imidazole rings is 1. The van der Waals surface area contributed by atoms with E-state index in [1.807, 2.05) is 50.4 Å². The van der Waals surface area contributed by atoms with Crippen LogP contribution in [-0.4, -0.2) is 79.4 Å². The molecule has 1 heterocycles. The second kappa shape index (κ2) is 18.2. The van der Waals surface area contributed by atoms with Crippen LogP contribution in [0.1, 0.15) is 56.6 Å². The molecule has 2 amide bonds.